The van der Waals surface area contributed by atoms with Gasteiger partial charge in [-0.3, -0.25) is 0 Å². The van der Waals surface area contributed by atoms with Crippen LogP contribution in [0.25, 0.3) is 0 Å². The Morgan fingerprint density at radius 1 is 0.833 bits per heavy atom. The van der Waals surface area contributed by atoms with E-state index in [0.717, 1.165) is 0 Å². The number of carbonyl (C=O) groups is 2. The Kier molecular flexibility index (Phi) is 12.4. The summed E-state index contributed by atoms with van der Waals surface area (Å²) in [6.07, 6.45) is 0. The molecule has 12 heavy (non-hydrogen) atoms. The third-order valence-electron chi connectivity index (χ3n) is 0.401. The van der Waals surface area contributed by atoms with Gasteiger partial charge in [-0.05, 0) is 11.8 Å². The summed E-state index contributed by atoms with van der Waals surface area (Å²) in [5.41, 5.74) is 0. The van der Waals surface area contributed by atoms with Crippen LogP contribution >= 0.6 is 0 Å². The van der Waals surface area contributed by atoms with Gasteiger partial charge in [0.2, 0.25) is 0 Å². The molecule has 0 spiro atoms. The lowest BCUT2D eigenvalue weighted by molar-refractivity contribution is -0.131. The quantitative estimate of drug-likeness (QED) is 0.392. The van der Waals surface area contributed by atoms with Crippen LogP contribution in [0.2, 0.25) is 0 Å². The molecular weight excluding hydrogens is 168 g/mol. The van der Waals surface area contributed by atoms with Crippen molar-refractivity contribution in [2.24, 2.45) is 0 Å². The number of hydrogen-bond acceptors (Lipinski definition) is 2. The third-order valence-corrected chi connectivity index (χ3v) is 0.401. The van der Waals surface area contributed by atoms with Crippen molar-refractivity contribution in [2.45, 2.75) is 0 Å². The number of hydrogen-bond donors (Lipinski definition) is 2. The molecule has 6 heteroatoms. The summed E-state index contributed by atoms with van der Waals surface area (Å²) in [4.78, 5) is 19.3. The number of carboxylic acids is 2. The van der Waals surface area contributed by atoms with Gasteiger partial charge in [0.05, 0.1) is 0 Å². The van der Waals surface area contributed by atoms with Crippen LogP contribution in [0.4, 0.5) is 0 Å². The van der Waals surface area contributed by atoms with Crippen molar-refractivity contribution < 1.29 is 30.8 Å². The molecule has 0 aliphatic rings. The van der Waals surface area contributed by atoms with E-state index in [-0.39, 0.29) is 11.0 Å². The SMILES string of the molecule is O.O.O=C(O)C#CC#CC(=O)O. The smallest absolute Gasteiger partial charge is 0.382 e. The zero-order valence-corrected chi connectivity index (χ0v) is 5.71. The molecule has 0 fully saturated rings. The van der Waals surface area contributed by atoms with Crippen molar-refractivity contribution in [1.82, 2.24) is 0 Å². The first-order valence-corrected chi connectivity index (χ1v) is 2.11. The molecule has 0 amide bonds. The molecule has 6 nitrogen and oxygen atoms in total. The van der Waals surface area contributed by atoms with Crippen molar-refractivity contribution in [3.05, 3.63) is 0 Å². The van der Waals surface area contributed by atoms with Gasteiger partial charge in [0.15, 0.2) is 0 Å². The van der Waals surface area contributed by atoms with E-state index in [1.54, 1.807) is 11.8 Å². The fourth-order valence-corrected chi connectivity index (χ4v) is 0.169. The topological polar surface area (TPSA) is 138 Å². The molecule has 0 aromatic carbocycles. The molecule has 0 aromatic heterocycles. The molecule has 0 bridgehead atoms. The lowest BCUT2D eigenvalue weighted by Crippen LogP contribution is -1.87. The lowest BCUT2D eigenvalue weighted by atomic mass is 10.5. The zero-order chi connectivity index (χ0) is 7.98. The second-order valence-corrected chi connectivity index (χ2v) is 1.11. The minimum Gasteiger partial charge on any atom is -0.472 e. The highest BCUT2D eigenvalue weighted by molar-refractivity contribution is 5.89. The first-order valence-electron chi connectivity index (χ1n) is 2.11. The van der Waals surface area contributed by atoms with Crippen LogP contribution in [0.15, 0.2) is 0 Å². The molecule has 0 saturated carbocycles. The molecule has 0 heterocycles. The monoisotopic (exact) mass is 174 g/mol. The van der Waals surface area contributed by atoms with Crippen molar-refractivity contribution in [2.75, 3.05) is 0 Å². The van der Waals surface area contributed by atoms with Gasteiger partial charge in [-0.25, -0.2) is 9.59 Å². The van der Waals surface area contributed by atoms with E-state index in [9.17, 15) is 9.59 Å². The van der Waals surface area contributed by atoms with Crippen LogP contribution < -0.4 is 0 Å². The predicted octanol–water partition coefficient (Wildman–Crippen LogP) is -2.49. The van der Waals surface area contributed by atoms with Gasteiger partial charge in [0.1, 0.15) is 0 Å². The van der Waals surface area contributed by atoms with E-state index < -0.39 is 11.9 Å². The molecule has 0 radical (unpaired) electrons. The van der Waals surface area contributed by atoms with Crippen molar-refractivity contribution in [3.63, 3.8) is 0 Å². The van der Waals surface area contributed by atoms with Gasteiger partial charge in [-0.1, -0.05) is 0 Å². The average molecular weight is 174 g/mol. The van der Waals surface area contributed by atoms with Crippen molar-refractivity contribution >= 4 is 11.9 Å². The van der Waals surface area contributed by atoms with Crippen LogP contribution in [0.3, 0.4) is 0 Å². The Labute approximate surface area is 67.4 Å². The van der Waals surface area contributed by atoms with Gasteiger partial charge in [-0.15, -0.1) is 0 Å². The van der Waals surface area contributed by atoms with Gasteiger partial charge in [-0.2, -0.15) is 0 Å². The summed E-state index contributed by atoms with van der Waals surface area (Å²) < 4.78 is 0. The van der Waals surface area contributed by atoms with E-state index in [1.807, 2.05) is 11.8 Å². The zero-order valence-electron chi connectivity index (χ0n) is 5.71. The molecule has 6 N–H and O–H groups in total. The maximum Gasteiger partial charge on any atom is 0.382 e. The second-order valence-electron chi connectivity index (χ2n) is 1.11. The van der Waals surface area contributed by atoms with Crippen LogP contribution in [-0.2, 0) is 9.59 Å². The van der Waals surface area contributed by atoms with Gasteiger partial charge in [0, 0.05) is 11.8 Å². The van der Waals surface area contributed by atoms with E-state index >= 15 is 0 Å². The molecular formula is C6H6O6. The van der Waals surface area contributed by atoms with Gasteiger partial charge in [0.25, 0.3) is 0 Å². The lowest BCUT2D eigenvalue weighted by Gasteiger charge is -1.66. The fourth-order valence-electron chi connectivity index (χ4n) is 0.169. The van der Waals surface area contributed by atoms with Crippen LogP contribution in [0.5, 0.6) is 0 Å². The summed E-state index contributed by atoms with van der Waals surface area (Å²) in [5, 5.41) is 15.8. The van der Waals surface area contributed by atoms with Crippen molar-refractivity contribution in [3.8, 4) is 23.7 Å². The molecule has 0 atom stereocenters. The standard InChI is InChI=1S/C6H2O4.2H2O/c7-5(8)3-1-2-4-6(9)10;;/h(H,7,8)(H,9,10);2*1H2. The summed E-state index contributed by atoms with van der Waals surface area (Å²) >= 11 is 0. The largest absolute Gasteiger partial charge is 0.472 e. The summed E-state index contributed by atoms with van der Waals surface area (Å²) in [7, 11) is 0. The molecule has 0 rings (SSSR count). The Morgan fingerprint density at radius 3 is 1.25 bits per heavy atom. The number of rotatable bonds is 0. The van der Waals surface area contributed by atoms with Crippen LogP contribution in [0, 0.1) is 23.7 Å². The maximum absolute atomic E-state index is 9.66. The minimum absolute atomic E-state index is 0. The highest BCUT2D eigenvalue weighted by atomic mass is 16.4. The molecule has 0 saturated heterocycles. The fraction of sp³-hybridized carbons (Fsp3) is 0. The molecule has 66 valence electrons. The summed E-state index contributed by atoms with van der Waals surface area (Å²) in [5.74, 6) is 4.24. The highest BCUT2D eigenvalue weighted by Crippen LogP contribution is 1.58. The average Bonchev–Trinajstić information content (AvgIpc) is 1.79. The first-order chi connectivity index (χ1) is 4.63. The van der Waals surface area contributed by atoms with Crippen LogP contribution in [0.1, 0.15) is 0 Å². The Balaban J connectivity index is -0.000000405. The van der Waals surface area contributed by atoms with Crippen LogP contribution in [-0.4, -0.2) is 33.1 Å². The van der Waals surface area contributed by atoms with E-state index in [1.165, 1.54) is 0 Å². The predicted molar refractivity (Wildman–Crippen MR) is 38.1 cm³/mol. The highest BCUT2D eigenvalue weighted by Gasteiger charge is 1.81. The Morgan fingerprint density at radius 2 is 1.08 bits per heavy atom. The molecule has 0 aliphatic heterocycles. The van der Waals surface area contributed by atoms with Gasteiger partial charge >= 0.3 is 11.9 Å². The minimum atomic E-state index is -1.33. The molecule has 0 unspecified atom stereocenters. The van der Waals surface area contributed by atoms with E-state index in [0.29, 0.717) is 0 Å². The van der Waals surface area contributed by atoms with E-state index in [4.69, 9.17) is 10.2 Å². The summed E-state index contributed by atoms with van der Waals surface area (Å²) in [6, 6.07) is 0. The first kappa shape index (κ1) is 16.5. The second kappa shape index (κ2) is 8.98. The van der Waals surface area contributed by atoms with Crippen molar-refractivity contribution in [1.29, 1.82) is 0 Å². The summed E-state index contributed by atoms with van der Waals surface area (Å²) in [6.45, 7) is 0. The third kappa shape index (κ3) is 15.7. The Bertz CT molecular complexity index is 240. The maximum atomic E-state index is 9.66. The Hall–Kier alpha value is -2.02. The number of carboxylic acid groups (broad SMARTS) is 2. The van der Waals surface area contributed by atoms with Gasteiger partial charge < -0.3 is 21.2 Å². The number of aliphatic carboxylic acids is 2. The van der Waals surface area contributed by atoms with E-state index in [2.05, 4.69) is 0 Å². The molecule has 0 aromatic rings. The molecule has 0 aliphatic carbocycles. The normalized spacial score (nSPS) is 5.00.